The van der Waals surface area contributed by atoms with Gasteiger partial charge in [-0.05, 0) is 62.2 Å². The van der Waals surface area contributed by atoms with Crippen molar-refractivity contribution in [3.05, 3.63) is 77.6 Å². The molecule has 1 fully saturated rings. The zero-order chi connectivity index (χ0) is 22.1. The second-order valence-electron chi connectivity index (χ2n) is 8.40. The number of ketones is 1. The van der Waals surface area contributed by atoms with E-state index in [2.05, 4.69) is 0 Å². The van der Waals surface area contributed by atoms with E-state index < -0.39 is 0 Å². The Morgan fingerprint density at radius 1 is 0.906 bits per heavy atom. The number of Topliss-reactive ketones (excluding diaryl/α,β-unsaturated/α-hetero) is 1. The number of carbonyl (C=O) groups excluding carboxylic acids is 2. The summed E-state index contributed by atoms with van der Waals surface area (Å²) in [4.78, 5) is 28.3. The van der Waals surface area contributed by atoms with Crippen molar-refractivity contribution in [3.63, 3.8) is 0 Å². The van der Waals surface area contributed by atoms with Crippen LogP contribution in [-0.4, -0.2) is 47.5 Å². The quantitative estimate of drug-likeness (QED) is 0.580. The number of rotatable bonds is 4. The van der Waals surface area contributed by atoms with Gasteiger partial charge in [0, 0.05) is 37.0 Å². The van der Waals surface area contributed by atoms with Gasteiger partial charge in [-0.3, -0.25) is 9.59 Å². The van der Waals surface area contributed by atoms with Crippen molar-refractivity contribution in [2.45, 2.75) is 19.8 Å². The van der Waals surface area contributed by atoms with E-state index >= 15 is 0 Å². The molecule has 3 heterocycles. The molecule has 1 aromatic heterocycles. The number of piperidine rings is 1. The largest absolute Gasteiger partial charge is 0.486 e. The molecule has 0 saturated carbocycles. The lowest BCUT2D eigenvalue weighted by molar-refractivity contribution is 0.0650. The molecule has 0 bridgehead atoms. The Bertz CT molecular complexity index is 1140. The molecule has 2 aliphatic heterocycles. The third-order valence-electron chi connectivity index (χ3n) is 6.24. The van der Waals surface area contributed by atoms with E-state index in [9.17, 15) is 9.59 Å². The number of carbonyl (C=O) groups is 2. The van der Waals surface area contributed by atoms with Crippen LogP contribution in [-0.2, 0) is 0 Å². The maximum atomic E-state index is 13.4. The molecule has 5 rings (SSSR count). The number of ether oxygens (including phenoxy) is 2. The topological polar surface area (TPSA) is 60.8 Å². The maximum absolute atomic E-state index is 13.4. The summed E-state index contributed by atoms with van der Waals surface area (Å²) >= 11 is 0. The summed E-state index contributed by atoms with van der Waals surface area (Å²) in [7, 11) is 0. The Morgan fingerprint density at radius 3 is 2.38 bits per heavy atom. The number of hydrogen-bond acceptors (Lipinski definition) is 4. The van der Waals surface area contributed by atoms with E-state index in [1.54, 1.807) is 12.1 Å². The van der Waals surface area contributed by atoms with Gasteiger partial charge in [0.15, 0.2) is 17.3 Å². The van der Waals surface area contributed by atoms with Gasteiger partial charge < -0.3 is 18.9 Å². The van der Waals surface area contributed by atoms with Gasteiger partial charge in [-0.1, -0.05) is 11.6 Å². The second kappa shape index (κ2) is 8.54. The Balaban J connectivity index is 1.29. The third-order valence-corrected chi connectivity index (χ3v) is 6.24. The molecule has 0 spiro atoms. The second-order valence-corrected chi connectivity index (χ2v) is 8.40. The summed E-state index contributed by atoms with van der Waals surface area (Å²) < 4.78 is 13.1. The third kappa shape index (κ3) is 3.88. The molecule has 6 heteroatoms. The van der Waals surface area contributed by atoms with Gasteiger partial charge in [-0.15, -0.1) is 0 Å². The fourth-order valence-electron chi connectivity index (χ4n) is 4.49. The Hall–Kier alpha value is -3.54. The summed E-state index contributed by atoms with van der Waals surface area (Å²) in [5, 5.41) is 0. The molecule has 1 saturated heterocycles. The number of aromatic nitrogens is 1. The van der Waals surface area contributed by atoms with E-state index in [1.165, 1.54) is 0 Å². The molecule has 32 heavy (non-hydrogen) atoms. The summed E-state index contributed by atoms with van der Waals surface area (Å²) in [5.74, 6) is 1.35. The Morgan fingerprint density at radius 2 is 1.62 bits per heavy atom. The molecule has 2 aliphatic rings. The van der Waals surface area contributed by atoms with Crippen LogP contribution in [0.1, 0.15) is 39.1 Å². The molecule has 2 aromatic carbocycles. The lowest BCUT2D eigenvalue weighted by Gasteiger charge is -2.32. The molecule has 6 nitrogen and oxygen atoms in total. The number of hydrogen-bond donors (Lipinski definition) is 0. The van der Waals surface area contributed by atoms with Crippen LogP contribution in [0.4, 0.5) is 0 Å². The summed E-state index contributed by atoms with van der Waals surface area (Å²) in [6.45, 7) is 4.15. The van der Waals surface area contributed by atoms with Crippen molar-refractivity contribution in [2.24, 2.45) is 5.92 Å². The minimum absolute atomic E-state index is 0.0163. The van der Waals surface area contributed by atoms with Gasteiger partial charge in [-0.25, -0.2) is 0 Å². The highest BCUT2D eigenvalue weighted by Gasteiger charge is 2.30. The normalized spacial score (nSPS) is 16.1. The van der Waals surface area contributed by atoms with Gasteiger partial charge >= 0.3 is 0 Å². The van der Waals surface area contributed by atoms with E-state index in [-0.39, 0.29) is 17.6 Å². The van der Waals surface area contributed by atoms with Crippen LogP contribution in [0.2, 0.25) is 0 Å². The van der Waals surface area contributed by atoms with Crippen LogP contribution in [0.25, 0.3) is 5.69 Å². The molecule has 0 aliphatic carbocycles. The molecule has 0 atom stereocenters. The molecular weight excluding hydrogens is 404 g/mol. The highest BCUT2D eigenvalue weighted by atomic mass is 16.6. The van der Waals surface area contributed by atoms with Gasteiger partial charge in [0.05, 0.1) is 11.3 Å². The molecule has 164 valence electrons. The maximum Gasteiger partial charge on any atom is 0.255 e. The molecule has 1 amide bonds. The minimum Gasteiger partial charge on any atom is -0.486 e. The number of amides is 1. The van der Waals surface area contributed by atoms with Crippen LogP contribution < -0.4 is 9.47 Å². The molecule has 0 N–H and O–H groups in total. The SMILES string of the molecule is Cc1ccc(-n2cccc2)c(C(=O)N2CCC(C(=O)c3ccc4c(c3)OCCO4)CC2)c1. The van der Waals surface area contributed by atoms with Crippen LogP contribution in [0.3, 0.4) is 0 Å². The summed E-state index contributed by atoms with van der Waals surface area (Å²) in [5.41, 5.74) is 3.26. The summed E-state index contributed by atoms with van der Waals surface area (Å²) in [6.07, 6.45) is 5.20. The average Bonchev–Trinajstić information content (AvgIpc) is 3.38. The van der Waals surface area contributed by atoms with Crippen molar-refractivity contribution < 1.29 is 19.1 Å². The smallest absolute Gasteiger partial charge is 0.255 e. The molecule has 3 aromatic rings. The van der Waals surface area contributed by atoms with Crippen LogP contribution in [0, 0.1) is 12.8 Å². The van der Waals surface area contributed by atoms with Crippen molar-refractivity contribution in [1.29, 1.82) is 0 Å². The van der Waals surface area contributed by atoms with E-state index in [0.717, 1.165) is 11.3 Å². The van der Waals surface area contributed by atoms with Crippen LogP contribution >= 0.6 is 0 Å². The molecular formula is C26H26N2O4. The van der Waals surface area contributed by atoms with Crippen molar-refractivity contribution in [2.75, 3.05) is 26.3 Å². The first-order chi connectivity index (χ1) is 15.6. The lowest BCUT2D eigenvalue weighted by atomic mass is 9.88. The van der Waals surface area contributed by atoms with Gasteiger partial charge in [0.25, 0.3) is 5.91 Å². The van der Waals surface area contributed by atoms with Crippen molar-refractivity contribution in [1.82, 2.24) is 9.47 Å². The number of likely N-dealkylation sites (tertiary alicyclic amines) is 1. The van der Waals surface area contributed by atoms with Crippen LogP contribution in [0.15, 0.2) is 60.9 Å². The fraction of sp³-hybridized carbons (Fsp3) is 0.308. The van der Waals surface area contributed by atoms with Gasteiger partial charge in [-0.2, -0.15) is 0 Å². The highest BCUT2D eigenvalue weighted by Crippen LogP contribution is 2.33. The zero-order valence-electron chi connectivity index (χ0n) is 18.1. The van der Waals surface area contributed by atoms with Crippen molar-refractivity contribution in [3.8, 4) is 17.2 Å². The number of nitrogens with zero attached hydrogens (tertiary/aromatic N) is 2. The summed E-state index contributed by atoms with van der Waals surface area (Å²) in [6, 6.07) is 15.2. The van der Waals surface area contributed by atoms with E-state index in [0.29, 0.717) is 61.8 Å². The standard InChI is InChI=1S/C26H26N2O4/c1-18-4-6-22(27-10-2-3-11-27)21(16-18)26(30)28-12-8-19(9-13-28)25(29)20-5-7-23-24(17-20)32-15-14-31-23/h2-7,10-11,16-17,19H,8-9,12-15H2,1H3. The predicted octanol–water partition coefficient (Wildman–Crippen LogP) is 4.29. The number of aryl methyl sites for hydroxylation is 1. The molecule has 0 unspecified atom stereocenters. The number of benzene rings is 2. The van der Waals surface area contributed by atoms with E-state index in [1.807, 2.05) is 65.2 Å². The predicted molar refractivity (Wildman–Crippen MR) is 121 cm³/mol. The average molecular weight is 431 g/mol. The zero-order valence-corrected chi connectivity index (χ0v) is 18.1. The first kappa shape index (κ1) is 20.4. The van der Waals surface area contributed by atoms with Crippen LogP contribution in [0.5, 0.6) is 11.5 Å². The minimum atomic E-state index is -0.0944. The number of fused-ring (bicyclic) bond motifs is 1. The Kier molecular flexibility index (Phi) is 5.43. The lowest BCUT2D eigenvalue weighted by Crippen LogP contribution is -2.40. The van der Waals surface area contributed by atoms with Gasteiger partial charge in [0.1, 0.15) is 13.2 Å². The van der Waals surface area contributed by atoms with E-state index in [4.69, 9.17) is 9.47 Å². The monoisotopic (exact) mass is 430 g/mol. The fourth-order valence-corrected chi connectivity index (χ4v) is 4.49. The van der Waals surface area contributed by atoms with Crippen molar-refractivity contribution >= 4 is 11.7 Å². The molecule has 0 radical (unpaired) electrons. The highest BCUT2D eigenvalue weighted by molar-refractivity contribution is 6.00. The Labute approximate surface area is 187 Å². The first-order valence-electron chi connectivity index (χ1n) is 11.1. The van der Waals surface area contributed by atoms with Gasteiger partial charge in [0.2, 0.25) is 0 Å². The first-order valence-corrected chi connectivity index (χ1v) is 11.1.